The Balaban J connectivity index is 2.16. The molecule has 112 valence electrons. The quantitative estimate of drug-likeness (QED) is 0.837. The van der Waals surface area contributed by atoms with Gasteiger partial charge in [-0.15, -0.1) is 0 Å². The molecule has 2 rings (SSSR count). The molecule has 1 aromatic heterocycles. The van der Waals surface area contributed by atoms with E-state index in [0.29, 0.717) is 6.61 Å². The number of hydrogen-bond acceptors (Lipinski definition) is 3. The first kappa shape index (κ1) is 15.4. The van der Waals surface area contributed by atoms with Crippen molar-refractivity contribution in [1.82, 2.24) is 4.98 Å². The molecule has 0 spiro atoms. The van der Waals surface area contributed by atoms with Gasteiger partial charge in [-0.05, 0) is 36.6 Å². The van der Waals surface area contributed by atoms with Crippen molar-refractivity contribution in [3.8, 4) is 0 Å². The number of aromatic nitrogens is 1. The molecule has 21 heavy (non-hydrogen) atoms. The number of nitrogens with one attached hydrogen (secondary N) is 1. The monoisotopic (exact) mass is 288 g/mol. The van der Waals surface area contributed by atoms with Crippen molar-refractivity contribution in [1.29, 1.82) is 0 Å². The van der Waals surface area contributed by atoms with Gasteiger partial charge in [0.05, 0.1) is 24.5 Å². The second kappa shape index (κ2) is 7.74. The SMILES string of the molecule is CCC(Nc1ccccc1CCOC)c1ccc(F)cn1. The van der Waals surface area contributed by atoms with Crippen LogP contribution in [0.5, 0.6) is 0 Å². The van der Waals surface area contributed by atoms with Crippen molar-refractivity contribution < 1.29 is 9.13 Å². The average molecular weight is 288 g/mol. The highest BCUT2D eigenvalue weighted by atomic mass is 19.1. The molecule has 1 N–H and O–H groups in total. The van der Waals surface area contributed by atoms with Crippen LogP contribution in [0, 0.1) is 5.82 Å². The smallest absolute Gasteiger partial charge is 0.141 e. The van der Waals surface area contributed by atoms with Gasteiger partial charge in [0, 0.05) is 12.8 Å². The van der Waals surface area contributed by atoms with Gasteiger partial charge >= 0.3 is 0 Å². The molecule has 0 saturated heterocycles. The van der Waals surface area contributed by atoms with Crippen LogP contribution in [0.3, 0.4) is 0 Å². The molecular weight excluding hydrogens is 267 g/mol. The Morgan fingerprint density at radius 3 is 2.71 bits per heavy atom. The van der Waals surface area contributed by atoms with Crippen LogP contribution in [0.4, 0.5) is 10.1 Å². The molecule has 0 bridgehead atoms. The summed E-state index contributed by atoms with van der Waals surface area (Å²) in [6, 6.07) is 11.4. The minimum atomic E-state index is -0.311. The lowest BCUT2D eigenvalue weighted by atomic mass is 10.1. The van der Waals surface area contributed by atoms with Gasteiger partial charge in [-0.25, -0.2) is 4.39 Å². The van der Waals surface area contributed by atoms with Crippen LogP contribution < -0.4 is 5.32 Å². The van der Waals surface area contributed by atoms with Crippen molar-refractivity contribution in [2.45, 2.75) is 25.8 Å². The second-order valence-electron chi connectivity index (χ2n) is 4.91. The van der Waals surface area contributed by atoms with E-state index in [4.69, 9.17) is 4.74 Å². The van der Waals surface area contributed by atoms with E-state index in [9.17, 15) is 4.39 Å². The van der Waals surface area contributed by atoms with E-state index < -0.39 is 0 Å². The number of methoxy groups -OCH3 is 1. The predicted octanol–water partition coefficient (Wildman–Crippen LogP) is 3.97. The number of hydrogen-bond donors (Lipinski definition) is 1. The van der Waals surface area contributed by atoms with Gasteiger partial charge in [-0.3, -0.25) is 4.98 Å². The highest BCUT2D eigenvalue weighted by molar-refractivity contribution is 5.52. The van der Waals surface area contributed by atoms with E-state index in [1.807, 2.05) is 12.1 Å². The third kappa shape index (κ3) is 4.26. The van der Waals surface area contributed by atoms with Crippen LogP contribution in [0.15, 0.2) is 42.6 Å². The van der Waals surface area contributed by atoms with E-state index >= 15 is 0 Å². The molecular formula is C17H21FN2O. The summed E-state index contributed by atoms with van der Waals surface area (Å²) in [5.41, 5.74) is 3.13. The van der Waals surface area contributed by atoms with E-state index in [-0.39, 0.29) is 11.9 Å². The Morgan fingerprint density at radius 1 is 1.24 bits per heavy atom. The zero-order valence-electron chi connectivity index (χ0n) is 12.5. The van der Waals surface area contributed by atoms with E-state index in [2.05, 4.69) is 29.4 Å². The van der Waals surface area contributed by atoms with Gasteiger partial charge in [-0.2, -0.15) is 0 Å². The predicted molar refractivity (Wildman–Crippen MR) is 82.9 cm³/mol. The topological polar surface area (TPSA) is 34.1 Å². The van der Waals surface area contributed by atoms with Crippen LogP contribution in [0.2, 0.25) is 0 Å². The van der Waals surface area contributed by atoms with Gasteiger partial charge in [0.25, 0.3) is 0 Å². The number of para-hydroxylation sites is 1. The summed E-state index contributed by atoms with van der Waals surface area (Å²) < 4.78 is 18.1. The summed E-state index contributed by atoms with van der Waals surface area (Å²) in [4.78, 5) is 4.18. The lowest BCUT2D eigenvalue weighted by Gasteiger charge is -2.20. The summed E-state index contributed by atoms with van der Waals surface area (Å²) in [7, 11) is 1.70. The number of pyridine rings is 1. The molecule has 0 aliphatic rings. The average Bonchev–Trinajstić information content (AvgIpc) is 2.52. The van der Waals surface area contributed by atoms with Crippen LogP contribution >= 0.6 is 0 Å². The van der Waals surface area contributed by atoms with Crippen LogP contribution in [0.25, 0.3) is 0 Å². The minimum Gasteiger partial charge on any atom is -0.384 e. The fourth-order valence-corrected chi connectivity index (χ4v) is 2.26. The molecule has 1 aromatic carbocycles. The number of rotatable bonds is 7. The van der Waals surface area contributed by atoms with Gasteiger partial charge in [-0.1, -0.05) is 25.1 Å². The lowest BCUT2D eigenvalue weighted by molar-refractivity contribution is 0.202. The number of nitrogens with zero attached hydrogens (tertiary/aromatic N) is 1. The summed E-state index contributed by atoms with van der Waals surface area (Å²) in [6.07, 6.45) is 2.99. The summed E-state index contributed by atoms with van der Waals surface area (Å²) >= 11 is 0. The molecule has 0 fully saturated rings. The summed E-state index contributed by atoms with van der Waals surface area (Å²) in [6.45, 7) is 2.77. The normalized spacial score (nSPS) is 12.1. The van der Waals surface area contributed by atoms with E-state index in [1.54, 1.807) is 13.2 Å². The van der Waals surface area contributed by atoms with Crippen LogP contribution in [-0.4, -0.2) is 18.7 Å². The summed E-state index contributed by atoms with van der Waals surface area (Å²) in [5, 5.41) is 3.50. The number of benzene rings is 1. The van der Waals surface area contributed by atoms with Crippen molar-refractivity contribution in [2.24, 2.45) is 0 Å². The molecule has 4 heteroatoms. The molecule has 0 saturated carbocycles. The third-order valence-corrected chi connectivity index (χ3v) is 3.44. The highest BCUT2D eigenvalue weighted by Gasteiger charge is 2.12. The highest BCUT2D eigenvalue weighted by Crippen LogP contribution is 2.24. The zero-order valence-corrected chi connectivity index (χ0v) is 12.5. The molecule has 2 aromatic rings. The van der Waals surface area contributed by atoms with Crippen LogP contribution in [0.1, 0.15) is 30.6 Å². The largest absolute Gasteiger partial charge is 0.384 e. The maximum absolute atomic E-state index is 13.0. The Labute approximate surface area is 125 Å². The fourth-order valence-electron chi connectivity index (χ4n) is 2.26. The maximum atomic E-state index is 13.0. The zero-order chi connectivity index (χ0) is 15.1. The van der Waals surface area contributed by atoms with E-state index in [0.717, 1.165) is 24.2 Å². The first-order chi connectivity index (χ1) is 10.2. The molecule has 0 aliphatic heterocycles. The molecule has 1 atom stereocenters. The summed E-state index contributed by atoms with van der Waals surface area (Å²) in [5.74, 6) is -0.311. The molecule has 1 heterocycles. The third-order valence-electron chi connectivity index (χ3n) is 3.44. The van der Waals surface area contributed by atoms with Crippen molar-refractivity contribution in [2.75, 3.05) is 19.0 Å². The van der Waals surface area contributed by atoms with Gasteiger partial charge < -0.3 is 10.1 Å². The van der Waals surface area contributed by atoms with Gasteiger partial charge in [0.15, 0.2) is 0 Å². The molecule has 0 amide bonds. The van der Waals surface area contributed by atoms with Crippen molar-refractivity contribution in [3.05, 3.63) is 59.7 Å². The lowest BCUT2D eigenvalue weighted by Crippen LogP contribution is -2.13. The number of anilines is 1. The Morgan fingerprint density at radius 2 is 2.05 bits per heavy atom. The first-order valence-corrected chi connectivity index (χ1v) is 7.19. The van der Waals surface area contributed by atoms with Gasteiger partial charge in [0.2, 0.25) is 0 Å². The van der Waals surface area contributed by atoms with Crippen molar-refractivity contribution in [3.63, 3.8) is 0 Å². The number of ether oxygens (including phenoxy) is 1. The first-order valence-electron chi connectivity index (χ1n) is 7.19. The molecule has 1 unspecified atom stereocenters. The second-order valence-corrected chi connectivity index (χ2v) is 4.91. The standard InChI is InChI=1S/C17H21FN2O/c1-3-15(17-9-8-14(18)12-19-17)20-16-7-5-4-6-13(16)10-11-21-2/h4-9,12,15,20H,3,10-11H2,1-2H3. The van der Waals surface area contributed by atoms with Crippen molar-refractivity contribution >= 4 is 5.69 Å². The molecule has 0 radical (unpaired) electrons. The fraction of sp³-hybridized carbons (Fsp3) is 0.353. The number of halogens is 1. The van der Waals surface area contributed by atoms with Gasteiger partial charge in [0.1, 0.15) is 5.82 Å². The molecule has 0 aliphatic carbocycles. The maximum Gasteiger partial charge on any atom is 0.141 e. The Kier molecular flexibility index (Phi) is 5.69. The van der Waals surface area contributed by atoms with E-state index in [1.165, 1.54) is 17.8 Å². The Hall–Kier alpha value is -1.94. The minimum absolute atomic E-state index is 0.0642. The molecule has 3 nitrogen and oxygen atoms in total. The van der Waals surface area contributed by atoms with Crippen LogP contribution in [-0.2, 0) is 11.2 Å². The Bertz CT molecular complexity index is 557.